The van der Waals surface area contributed by atoms with Gasteiger partial charge in [0.2, 0.25) is 0 Å². The Hall–Kier alpha value is -1.75. The molecule has 0 unspecified atom stereocenters. The number of oxazole rings is 1. The lowest BCUT2D eigenvalue weighted by Gasteiger charge is -2.04. The van der Waals surface area contributed by atoms with Crippen LogP contribution in [0.5, 0.6) is 0 Å². The van der Waals surface area contributed by atoms with E-state index < -0.39 is 0 Å². The molecule has 23 heavy (non-hydrogen) atoms. The predicted octanol–water partition coefficient (Wildman–Crippen LogP) is 4.99. The molecule has 0 saturated carbocycles. The van der Waals surface area contributed by atoms with E-state index in [0.29, 0.717) is 0 Å². The van der Waals surface area contributed by atoms with E-state index in [-0.39, 0.29) is 0 Å². The molecule has 2 heterocycles. The summed E-state index contributed by atoms with van der Waals surface area (Å²) in [5.41, 5.74) is 4.19. The maximum Gasteiger partial charge on any atom is 0.256 e. The average Bonchev–Trinajstić information content (AvgIpc) is 3.08. The number of fused-ring (bicyclic) bond motifs is 1. The van der Waals surface area contributed by atoms with Gasteiger partial charge in [-0.05, 0) is 44.9 Å². The second kappa shape index (κ2) is 7.68. The average molecular weight is 329 g/mol. The highest BCUT2D eigenvalue weighted by Crippen LogP contribution is 2.24. The van der Waals surface area contributed by atoms with Crippen molar-refractivity contribution >= 4 is 22.9 Å². The van der Waals surface area contributed by atoms with Crippen molar-refractivity contribution in [2.24, 2.45) is 0 Å². The number of aromatic nitrogens is 3. The van der Waals surface area contributed by atoms with Crippen LogP contribution in [0.4, 0.5) is 0 Å². The van der Waals surface area contributed by atoms with Gasteiger partial charge in [-0.1, -0.05) is 36.7 Å². The Bertz CT molecular complexity index is 730. The van der Waals surface area contributed by atoms with Gasteiger partial charge in [0.1, 0.15) is 5.52 Å². The molecule has 4 nitrogen and oxygen atoms in total. The van der Waals surface area contributed by atoms with Crippen LogP contribution in [0.2, 0.25) is 0 Å². The SMILES string of the molecule is Cc1cc(C)n(CCCCCCSc2nc3ccccc3o2)n1. The third-order valence-corrected chi connectivity index (χ3v) is 4.78. The highest BCUT2D eigenvalue weighted by atomic mass is 32.2. The highest BCUT2D eigenvalue weighted by molar-refractivity contribution is 7.99. The molecule has 0 atom stereocenters. The summed E-state index contributed by atoms with van der Waals surface area (Å²) in [4.78, 5) is 4.48. The summed E-state index contributed by atoms with van der Waals surface area (Å²) in [7, 11) is 0. The fraction of sp³-hybridized carbons (Fsp3) is 0.444. The number of thioether (sulfide) groups is 1. The van der Waals surface area contributed by atoms with E-state index in [1.54, 1.807) is 11.8 Å². The molecule has 1 aromatic carbocycles. The normalized spacial score (nSPS) is 11.4. The highest BCUT2D eigenvalue weighted by Gasteiger charge is 2.05. The summed E-state index contributed by atoms with van der Waals surface area (Å²) < 4.78 is 7.82. The topological polar surface area (TPSA) is 43.9 Å². The smallest absolute Gasteiger partial charge is 0.256 e. The lowest BCUT2D eigenvalue weighted by Crippen LogP contribution is -2.02. The van der Waals surface area contributed by atoms with Gasteiger partial charge in [0.05, 0.1) is 5.69 Å². The monoisotopic (exact) mass is 329 g/mol. The molecular weight excluding hydrogens is 306 g/mol. The van der Waals surface area contributed by atoms with Gasteiger partial charge in [0, 0.05) is 18.0 Å². The standard InChI is InChI=1S/C18H23N3OS/c1-14-13-15(2)21(20-14)11-7-3-4-8-12-23-18-19-16-9-5-6-10-17(16)22-18/h5-6,9-10,13H,3-4,7-8,11-12H2,1-2H3. The van der Waals surface area contributed by atoms with E-state index in [4.69, 9.17) is 4.42 Å². The van der Waals surface area contributed by atoms with Crippen molar-refractivity contribution < 1.29 is 4.42 Å². The number of hydrogen-bond donors (Lipinski definition) is 0. The van der Waals surface area contributed by atoms with Crippen molar-refractivity contribution in [3.63, 3.8) is 0 Å². The number of nitrogens with zero attached hydrogens (tertiary/aromatic N) is 3. The fourth-order valence-corrected chi connectivity index (χ4v) is 3.53. The van der Waals surface area contributed by atoms with Gasteiger partial charge in [-0.15, -0.1) is 0 Å². The maximum absolute atomic E-state index is 5.71. The number of benzene rings is 1. The molecule has 0 saturated heterocycles. The Balaban J connectivity index is 1.32. The van der Waals surface area contributed by atoms with Crippen LogP contribution in [0, 0.1) is 13.8 Å². The van der Waals surface area contributed by atoms with Crippen molar-refractivity contribution in [3.8, 4) is 0 Å². The molecule has 0 amide bonds. The van der Waals surface area contributed by atoms with Crippen molar-refractivity contribution in [3.05, 3.63) is 41.7 Å². The molecule has 0 aliphatic rings. The summed E-state index contributed by atoms with van der Waals surface area (Å²) in [6.45, 7) is 5.20. The summed E-state index contributed by atoms with van der Waals surface area (Å²) in [6.07, 6.45) is 4.87. The van der Waals surface area contributed by atoms with Gasteiger partial charge in [-0.25, -0.2) is 4.98 Å². The van der Waals surface area contributed by atoms with E-state index in [1.807, 2.05) is 31.2 Å². The third-order valence-electron chi connectivity index (χ3n) is 3.87. The van der Waals surface area contributed by atoms with Crippen LogP contribution in [0.3, 0.4) is 0 Å². The quantitative estimate of drug-likeness (QED) is 0.431. The van der Waals surface area contributed by atoms with E-state index in [0.717, 1.165) is 34.3 Å². The summed E-state index contributed by atoms with van der Waals surface area (Å²) in [5.74, 6) is 1.06. The van der Waals surface area contributed by atoms with Crippen molar-refractivity contribution in [2.75, 3.05) is 5.75 Å². The molecule has 0 fully saturated rings. The zero-order valence-electron chi connectivity index (χ0n) is 13.8. The minimum Gasteiger partial charge on any atom is -0.431 e. The third kappa shape index (κ3) is 4.38. The Morgan fingerprint density at radius 2 is 1.91 bits per heavy atom. The summed E-state index contributed by atoms with van der Waals surface area (Å²) in [5, 5.41) is 5.28. The maximum atomic E-state index is 5.71. The van der Waals surface area contributed by atoms with Crippen molar-refractivity contribution in [1.29, 1.82) is 0 Å². The number of unbranched alkanes of at least 4 members (excludes halogenated alkanes) is 3. The lowest BCUT2D eigenvalue weighted by molar-refractivity contribution is 0.489. The summed E-state index contributed by atoms with van der Waals surface area (Å²) >= 11 is 1.71. The van der Waals surface area contributed by atoms with E-state index in [2.05, 4.69) is 27.8 Å². The van der Waals surface area contributed by atoms with Crippen LogP contribution in [0.25, 0.3) is 11.1 Å². The van der Waals surface area contributed by atoms with Crippen molar-refractivity contribution in [1.82, 2.24) is 14.8 Å². The fourth-order valence-electron chi connectivity index (χ4n) is 2.69. The molecule has 3 aromatic rings. The molecule has 0 bridgehead atoms. The van der Waals surface area contributed by atoms with Gasteiger partial charge in [0.25, 0.3) is 5.22 Å². The zero-order chi connectivity index (χ0) is 16.1. The van der Waals surface area contributed by atoms with Gasteiger partial charge in [-0.2, -0.15) is 5.10 Å². The molecule has 0 N–H and O–H groups in total. The largest absolute Gasteiger partial charge is 0.431 e. The molecule has 5 heteroatoms. The van der Waals surface area contributed by atoms with Crippen LogP contribution in [-0.4, -0.2) is 20.5 Å². The van der Waals surface area contributed by atoms with Crippen molar-refractivity contribution in [2.45, 2.75) is 51.3 Å². The first-order valence-corrected chi connectivity index (χ1v) is 9.20. The van der Waals surface area contributed by atoms with Crippen LogP contribution in [-0.2, 0) is 6.54 Å². The van der Waals surface area contributed by atoms with Gasteiger partial charge in [-0.3, -0.25) is 4.68 Å². The first-order chi connectivity index (χ1) is 11.2. The van der Waals surface area contributed by atoms with Crippen LogP contribution < -0.4 is 0 Å². The predicted molar refractivity (Wildman–Crippen MR) is 94.9 cm³/mol. The van der Waals surface area contributed by atoms with E-state index in [1.165, 1.54) is 31.4 Å². The molecule has 0 spiro atoms. The van der Waals surface area contributed by atoms with Crippen LogP contribution >= 0.6 is 11.8 Å². The molecule has 3 rings (SSSR count). The van der Waals surface area contributed by atoms with Gasteiger partial charge >= 0.3 is 0 Å². The molecule has 2 aromatic heterocycles. The zero-order valence-corrected chi connectivity index (χ0v) is 14.6. The number of rotatable bonds is 8. The minimum absolute atomic E-state index is 0.786. The number of para-hydroxylation sites is 2. The van der Waals surface area contributed by atoms with Gasteiger partial charge < -0.3 is 4.42 Å². The minimum atomic E-state index is 0.786. The first-order valence-electron chi connectivity index (χ1n) is 8.22. The molecule has 0 radical (unpaired) electrons. The molecule has 0 aliphatic heterocycles. The van der Waals surface area contributed by atoms with E-state index >= 15 is 0 Å². The van der Waals surface area contributed by atoms with Crippen LogP contribution in [0.1, 0.15) is 37.1 Å². The molecular formula is C18H23N3OS. The number of aryl methyl sites for hydroxylation is 3. The van der Waals surface area contributed by atoms with Gasteiger partial charge in [0.15, 0.2) is 5.58 Å². The molecule has 0 aliphatic carbocycles. The Morgan fingerprint density at radius 1 is 1.09 bits per heavy atom. The number of hydrogen-bond acceptors (Lipinski definition) is 4. The Labute approximate surface area is 141 Å². The lowest BCUT2D eigenvalue weighted by atomic mass is 10.2. The second-order valence-electron chi connectivity index (χ2n) is 5.86. The molecule has 122 valence electrons. The summed E-state index contributed by atoms with van der Waals surface area (Å²) in [6, 6.07) is 10.1. The van der Waals surface area contributed by atoms with E-state index in [9.17, 15) is 0 Å². The Kier molecular flexibility index (Phi) is 5.39. The Morgan fingerprint density at radius 3 is 2.70 bits per heavy atom. The second-order valence-corrected chi connectivity index (χ2v) is 6.91. The van der Waals surface area contributed by atoms with Crippen LogP contribution in [0.15, 0.2) is 40.0 Å². The first kappa shape index (κ1) is 16.1.